The van der Waals surface area contributed by atoms with E-state index in [-0.39, 0.29) is 0 Å². The van der Waals surface area contributed by atoms with E-state index in [0.717, 1.165) is 23.0 Å². The molecule has 0 amide bonds. The zero-order valence-corrected chi connectivity index (χ0v) is 18.8. The van der Waals surface area contributed by atoms with Gasteiger partial charge in [-0.3, -0.25) is 0 Å². The van der Waals surface area contributed by atoms with Crippen molar-refractivity contribution in [3.8, 4) is 0 Å². The second-order valence-corrected chi connectivity index (χ2v) is 9.05. The Labute approximate surface area is 181 Å². The molecule has 0 radical (unpaired) electrons. The maximum Gasteiger partial charge on any atom is 0.169 e. The molecule has 0 aliphatic heterocycles. The summed E-state index contributed by atoms with van der Waals surface area (Å²) in [6.45, 7) is 3.18. The van der Waals surface area contributed by atoms with Gasteiger partial charge in [0.15, 0.2) is 5.16 Å². The summed E-state index contributed by atoms with van der Waals surface area (Å²) in [5, 5.41) is 1.16. The van der Waals surface area contributed by atoms with E-state index in [2.05, 4.69) is 66.1 Å². The van der Waals surface area contributed by atoms with Crippen LogP contribution in [0.25, 0.3) is 11.0 Å². The summed E-state index contributed by atoms with van der Waals surface area (Å²) >= 11 is 1.92. The highest BCUT2D eigenvalue weighted by molar-refractivity contribution is 7.99. The maximum atomic E-state index is 4.92. The summed E-state index contributed by atoms with van der Waals surface area (Å²) in [6.07, 6.45) is 13.9. The van der Waals surface area contributed by atoms with Gasteiger partial charge in [0.2, 0.25) is 0 Å². The molecular weight excluding hydrogens is 372 g/mol. The predicted octanol–water partition coefficient (Wildman–Crippen LogP) is 8.10. The average Bonchev–Trinajstić information content (AvgIpc) is 3.10. The van der Waals surface area contributed by atoms with E-state index >= 15 is 0 Å². The molecule has 0 saturated carbocycles. The Bertz CT molecular complexity index is 825. The quantitative estimate of drug-likeness (QED) is 0.198. The fourth-order valence-electron chi connectivity index (χ4n) is 3.84. The minimum Gasteiger partial charge on any atom is -0.314 e. The Kier molecular flexibility index (Phi) is 9.65. The van der Waals surface area contributed by atoms with E-state index in [9.17, 15) is 0 Å². The summed E-state index contributed by atoms with van der Waals surface area (Å²) < 4.78 is 2.38. The molecular formula is C26H36N2S. The van der Waals surface area contributed by atoms with Crippen molar-refractivity contribution in [3.63, 3.8) is 0 Å². The molecule has 1 heterocycles. The number of aromatic nitrogens is 2. The lowest BCUT2D eigenvalue weighted by molar-refractivity contribution is 0.563. The normalized spacial score (nSPS) is 11.3. The third-order valence-electron chi connectivity index (χ3n) is 5.53. The highest BCUT2D eigenvalue weighted by atomic mass is 32.2. The third-order valence-corrected chi connectivity index (χ3v) is 6.59. The third kappa shape index (κ3) is 7.22. The van der Waals surface area contributed by atoms with Gasteiger partial charge in [-0.2, -0.15) is 0 Å². The van der Waals surface area contributed by atoms with E-state index in [1.165, 1.54) is 75.3 Å². The summed E-state index contributed by atoms with van der Waals surface area (Å²) in [6, 6.07) is 19.2. The second kappa shape index (κ2) is 12.7. The molecule has 0 N–H and O–H groups in total. The van der Waals surface area contributed by atoms with Crippen molar-refractivity contribution >= 4 is 22.8 Å². The molecule has 3 heteroatoms. The number of hydrogen-bond acceptors (Lipinski definition) is 2. The molecule has 3 aromatic rings. The molecule has 2 nitrogen and oxygen atoms in total. The SMILES string of the molecule is CCCCCCCCCCCCSc1nc2ccccc2n1Cc1ccccc1. The first-order valence-corrected chi connectivity index (χ1v) is 12.5. The molecule has 29 heavy (non-hydrogen) atoms. The molecule has 2 aromatic carbocycles. The van der Waals surface area contributed by atoms with E-state index in [1.54, 1.807) is 0 Å². The van der Waals surface area contributed by atoms with Crippen molar-refractivity contribution < 1.29 is 0 Å². The molecule has 0 atom stereocenters. The van der Waals surface area contributed by atoms with Crippen molar-refractivity contribution in [2.45, 2.75) is 82.8 Å². The molecule has 0 unspecified atom stereocenters. The Morgan fingerprint density at radius 3 is 2.07 bits per heavy atom. The molecule has 0 fully saturated rings. The molecule has 0 aliphatic carbocycles. The molecule has 1 aromatic heterocycles. The Hall–Kier alpha value is -1.74. The maximum absolute atomic E-state index is 4.92. The molecule has 0 saturated heterocycles. The monoisotopic (exact) mass is 408 g/mol. The molecule has 0 spiro atoms. The number of unbranched alkanes of at least 4 members (excludes halogenated alkanes) is 9. The number of rotatable bonds is 14. The van der Waals surface area contributed by atoms with Gasteiger partial charge in [0.25, 0.3) is 0 Å². The van der Waals surface area contributed by atoms with E-state index in [0.29, 0.717) is 0 Å². The van der Waals surface area contributed by atoms with Crippen LogP contribution in [0.5, 0.6) is 0 Å². The number of thioether (sulfide) groups is 1. The number of para-hydroxylation sites is 2. The van der Waals surface area contributed by atoms with Gasteiger partial charge < -0.3 is 4.57 Å². The number of imidazole rings is 1. The number of benzene rings is 2. The van der Waals surface area contributed by atoms with Crippen LogP contribution in [0.4, 0.5) is 0 Å². The molecule has 3 rings (SSSR count). The topological polar surface area (TPSA) is 17.8 Å². The average molecular weight is 409 g/mol. The van der Waals surface area contributed by atoms with Gasteiger partial charge >= 0.3 is 0 Å². The van der Waals surface area contributed by atoms with Crippen molar-refractivity contribution in [1.82, 2.24) is 9.55 Å². The van der Waals surface area contributed by atoms with Crippen molar-refractivity contribution in [1.29, 1.82) is 0 Å². The zero-order chi connectivity index (χ0) is 20.2. The minimum absolute atomic E-state index is 0.891. The smallest absolute Gasteiger partial charge is 0.169 e. The molecule has 0 aliphatic rings. The largest absolute Gasteiger partial charge is 0.314 e. The van der Waals surface area contributed by atoms with Crippen LogP contribution in [0.2, 0.25) is 0 Å². The lowest BCUT2D eigenvalue weighted by Crippen LogP contribution is -2.01. The van der Waals surface area contributed by atoms with E-state index in [1.807, 2.05) is 11.8 Å². The van der Waals surface area contributed by atoms with Crippen molar-refractivity contribution in [2.24, 2.45) is 0 Å². The highest BCUT2D eigenvalue weighted by Gasteiger charge is 2.11. The first kappa shape index (κ1) is 22.0. The van der Waals surface area contributed by atoms with Crippen LogP contribution < -0.4 is 0 Å². The van der Waals surface area contributed by atoms with Crippen LogP contribution in [-0.4, -0.2) is 15.3 Å². The Morgan fingerprint density at radius 2 is 1.34 bits per heavy atom. The van der Waals surface area contributed by atoms with Gasteiger partial charge in [-0.15, -0.1) is 0 Å². The van der Waals surface area contributed by atoms with Gasteiger partial charge in [-0.25, -0.2) is 4.98 Å². The number of nitrogens with zero attached hydrogens (tertiary/aromatic N) is 2. The van der Waals surface area contributed by atoms with Crippen molar-refractivity contribution in [3.05, 3.63) is 60.2 Å². The number of hydrogen-bond donors (Lipinski definition) is 0. The van der Waals surface area contributed by atoms with Gasteiger partial charge in [0.1, 0.15) is 0 Å². The molecule has 0 bridgehead atoms. The van der Waals surface area contributed by atoms with Gasteiger partial charge in [-0.1, -0.05) is 119 Å². The summed E-state index contributed by atoms with van der Waals surface area (Å²) in [5.74, 6) is 1.16. The Balaban J connectivity index is 1.43. The van der Waals surface area contributed by atoms with Crippen LogP contribution in [0.15, 0.2) is 59.8 Å². The van der Waals surface area contributed by atoms with Crippen LogP contribution in [0.1, 0.15) is 76.7 Å². The fourth-order valence-corrected chi connectivity index (χ4v) is 4.85. The van der Waals surface area contributed by atoms with Crippen LogP contribution in [0, 0.1) is 0 Å². The first-order valence-electron chi connectivity index (χ1n) is 11.5. The first-order chi connectivity index (χ1) is 14.4. The van der Waals surface area contributed by atoms with Gasteiger partial charge in [0, 0.05) is 5.75 Å². The summed E-state index contributed by atoms with van der Waals surface area (Å²) in [5.41, 5.74) is 3.67. The van der Waals surface area contributed by atoms with E-state index < -0.39 is 0 Å². The fraction of sp³-hybridized carbons (Fsp3) is 0.500. The number of fused-ring (bicyclic) bond motifs is 1. The summed E-state index contributed by atoms with van der Waals surface area (Å²) in [4.78, 5) is 4.92. The highest BCUT2D eigenvalue weighted by Crippen LogP contribution is 2.26. The van der Waals surface area contributed by atoms with Crippen LogP contribution in [-0.2, 0) is 6.54 Å². The van der Waals surface area contributed by atoms with Gasteiger partial charge in [-0.05, 0) is 24.1 Å². The lowest BCUT2D eigenvalue weighted by atomic mass is 10.1. The van der Waals surface area contributed by atoms with Crippen LogP contribution >= 0.6 is 11.8 Å². The summed E-state index contributed by atoms with van der Waals surface area (Å²) in [7, 11) is 0. The predicted molar refractivity (Wildman–Crippen MR) is 128 cm³/mol. The minimum atomic E-state index is 0.891. The Morgan fingerprint density at radius 1 is 0.724 bits per heavy atom. The van der Waals surface area contributed by atoms with Gasteiger partial charge in [0.05, 0.1) is 17.6 Å². The van der Waals surface area contributed by atoms with Crippen LogP contribution in [0.3, 0.4) is 0 Å². The zero-order valence-electron chi connectivity index (χ0n) is 18.0. The second-order valence-electron chi connectivity index (χ2n) is 7.99. The molecule has 156 valence electrons. The van der Waals surface area contributed by atoms with Crippen molar-refractivity contribution in [2.75, 3.05) is 5.75 Å². The lowest BCUT2D eigenvalue weighted by Gasteiger charge is -2.09. The standard InChI is InChI=1S/C26H36N2S/c1-2-3-4-5-6-7-8-9-10-16-21-29-26-27-24-19-14-15-20-25(24)28(26)22-23-17-12-11-13-18-23/h11-15,17-20H,2-10,16,21-22H2,1H3. The van der Waals surface area contributed by atoms with E-state index in [4.69, 9.17) is 4.98 Å².